The number of phenols is 1. The second kappa shape index (κ2) is 5.62. The molecule has 1 atom stereocenters. The fourth-order valence-corrected chi connectivity index (χ4v) is 2.05. The van der Waals surface area contributed by atoms with Gasteiger partial charge in [-0.3, -0.25) is 0 Å². The molecule has 102 valence electrons. The number of anilines is 1. The molecule has 0 radical (unpaired) electrons. The van der Waals surface area contributed by atoms with Gasteiger partial charge in [-0.2, -0.15) is 5.26 Å². The van der Waals surface area contributed by atoms with Crippen molar-refractivity contribution in [2.24, 2.45) is 0 Å². The fraction of sp³-hybridized carbons (Fsp3) is 0.188. The Labute approximate surface area is 117 Å². The molecule has 0 aliphatic heterocycles. The van der Waals surface area contributed by atoms with E-state index in [1.54, 1.807) is 18.2 Å². The van der Waals surface area contributed by atoms with Crippen molar-refractivity contribution in [1.82, 2.24) is 0 Å². The van der Waals surface area contributed by atoms with Crippen molar-refractivity contribution in [2.45, 2.75) is 19.9 Å². The minimum atomic E-state index is -0.538. The third-order valence-corrected chi connectivity index (χ3v) is 3.12. The number of hydrogen-bond donors (Lipinski definition) is 2. The van der Waals surface area contributed by atoms with Crippen LogP contribution in [0.5, 0.6) is 5.75 Å². The van der Waals surface area contributed by atoms with Gasteiger partial charge in [0.1, 0.15) is 17.6 Å². The summed E-state index contributed by atoms with van der Waals surface area (Å²) in [4.78, 5) is 0. The van der Waals surface area contributed by atoms with E-state index in [4.69, 9.17) is 5.26 Å². The average molecular weight is 270 g/mol. The first-order valence-corrected chi connectivity index (χ1v) is 6.27. The van der Waals surface area contributed by atoms with Crippen LogP contribution in [0.25, 0.3) is 0 Å². The second-order valence-electron chi connectivity index (χ2n) is 4.73. The van der Waals surface area contributed by atoms with Crippen LogP contribution in [0.2, 0.25) is 0 Å². The molecule has 20 heavy (non-hydrogen) atoms. The highest BCUT2D eigenvalue weighted by Crippen LogP contribution is 2.28. The third-order valence-electron chi connectivity index (χ3n) is 3.12. The van der Waals surface area contributed by atoms with Crippen LogP contribution in [0, 0.1) is 24.1 Å². The average Bonchev–Trinajstić information content (AvgIpc) is 2.40. The molecule has 0 amide bonds. The summed E-state index contributed by atoms with van der Waals surface area (Å²) in [5.41, 5.74) is 2.36. The van der Waals surface area contributed by atoms with Gasteiger partial charge in [0.25, 0.3) is 0 Å². The summed E-state index contributed by atoms with van der Waals surface area (Å²) < 4.78 is 13.2. The smallest absolute Gasteiger partial charge is 0.141 e. The van der Waals surface area contributed by atoms with E-state index >= 15 is 0 Å². The van der Waals surface area contributed by atoms with Crippen LogP contribution in [0.15, 0.2) is 36.4 Å². The molecule has 2 N–H and O–H groups in total. The zero-order chi connectivity index (χ0) is 14.7. The van der Waals surface area contributed by atoms with E-state index in [1.165, 1.54) is 12.1 Å². The van der Waals surface area contributed by atoms with E-state index in [0.29, 0.717) is 5.69 Å². The molecule has 0 saturated carbocycles. The topological polar surface area (TPSA) is 56.0 Å². The summed E-state index contributed by atoms with van der Waals surface area (Å²) in [6, 6.07) is 11.4. The third kappa shape index (κ3) is 2.89. The van der Waals surface area contributed by atoms with Crippen LogP contribution in [-0.4, -0.2) is 5.11 Å². The van der Waals surface area contributed by atoms with Crippen molar-refractivity contribution in [3.8, 4) is 11.8 Å². The van der Waals surface area contributed by atoms with E-state index in [1.807, 2.05) is 26.0 Å². The number of nitrogens with one attached hydrogen (secondary N) is 1. The number of nitrogens with zero attached hydrogens (tertiary/aromatic N) is 1. The quantitative estimate of drug-likeness (QED) is 0.889. The molecule has 0 bridgehead atoms. The maximum absolute atomic E-state index is 13.2. The number of aromatic hydroxyl groups is 1. The molecule has 2 aromatic carbocycles. The van der Waals surface area contributed by atoms with Crippen LogP contribution in [-0.2, 0) is 0 Å². The van der Waals surface area contributed by atoms with Gasteiger partial charge in [-0.1, -0.05) is 12.1 Å². The molecule has 0 aliphatic carbocycles. The van der Waals surface area contributed by atoms with Gasteiger partial charge in [0, 0.05) is 11.3 Å². The van der Waals surface area contributed by atoms with Gasteiger partial charge in [0.05, 0.1) is 11.6 Å². The highest BCUT2D eigenvalue weighted by atomic mass is 19.1. The van der Waals surface area contributed by atoms with Crippen LogP contribution >= 0.6 is 0 Å². The van der Waals surface area contributed by atoms with Crippen molar-refractivity contribution >= 4 is 5.69 Å². The molecule has 0 aromatic heterocycles. The Kier molecular flexibility index (Phi) is 3.90. The monoisotopic (exact) mass is 270 g/mol. The number of halogens is 1. The molecule has 0 aliphatic rings. The van der Waals surface area contributed by atoms with E-state index < -0.39 is 5.82 Å². The van der Waals surface area contributed by atoms with E-state index in [-0.39, 0.29) is 17.4 Å². The number of nitriles is 1. The molecular weight excluding hydrogens is 255 g/mol. The molecule has 0 saturated heterocycles. The standard InChI is InChI=1S/C16H15FN2O/c1-10-3-5-14(16(20)7-10)11(2)19-13-4-6-15(17)12(8-13)9-18/h3-8,11,19-20H,1-2H3. The number of hydrogen-bond acceptors (Lipinski definition) is 3. The van der Waals surface area contributed by atoms with E-state index in [0.717, 1.165) is 11.1 Å². The first kappa shape index (κ1) is 13.9. The lowest BCUT2D eigenvalue weighted by molar-refractivity contribution is 0.465. The predicted molar refractivity (Wildman–Crippen MR) is 76.0 cm³/mol. The Balaban J connectivity index is 2.23. The normalized spacial score (nSPS) is 11.7. The Bertz CT molecular complexity index is 677. The minimum absolute atomic E-state index is 0.00433. The van der Waals surface area contributed by atoms with E-state index in [9.17, 15) is 9.50 Å². The summed E-state index contributed by atoms with van der Waals surface area (Å²) >= 11 is 0. The van der Waals surface area contributed by atoms with Gasteiger partial charge >= 0.3 is 0 Å². The van der Waals surface area contributed by atoms with Crippen LogP contribution in [0.1, 0.15) is 29.7 Å². The van der Waals surface area contributed by atoms with Gasteiger partial charge in [-0.05, 0) is 43.7 Å². The first-order chi connectivity index (χ1) is 9.51. The molecular formula is C16H15FN2O. The van der Waals surface area contributed by atoms with Crippen LogP contribution in [0.4, 0.5) is 10.1 Å². The maximum atomic E-state index is 13.2. The Morgan fingerprint density at radius 3 is 2.65 bits per heavy atom. The summed E-state index contributed by atoms with van der Waals surface area (Å²) in [7, 11) is 0. The van der Waals surface area contributed by atoms with Crippen molar-refractivity contribution in [3.63, 3.8) is 0 Å². The molecule has 2 rings (SSSR count). The molecule has 3 nitrogen and oxygen atoms in total. The van der Waals surface area contributed by atoms with Crippen molar-refractivity contribution in [3.05, 3.63) is 58.9 Å². The summed E-state index contributed by atoms with van der Waals surface area (Å²) in [6.45, 7) is 3.79. The van der Waals surface area contributed by atoms with E-state index in [2.05, 4.69) is 5.32 Å². The first-order valence-electron chi connectivity index (χ1n) is 6.27. The van der Waals surface area contributed by atoms with Gasteiger partial charge in [0.2, 0.25) is 0 Å². The lowest BCUT2D eigenvalue weighted by Gasteiger charge is -2.17. The number of phenolic OH excluding ortho intramolecular Hbond substituents is 1. The molecule has 0 fully saturated rings. The zero-order valence-corrected chi connectivity index (χ0v) is 11.3. The molecule has 1 unspecified atom stereocenters. The molecule has 0 spiro atoms. The summed E-state index contributed by atoms with van der Waals surface area (Å²) in [5, 5.41) is 21.9. The largest absolute Gasteiger partial charge is 0.508 e. The number of aryl methyl sites for hydroxylation is 1. The van der Waals surface area contributed by atoms with Gasteiger partial charge in [-0.15, -0.1) is 0 Å². The van der Waals surface area contributed by atoms with Gasteiger partial charge < -0.3 is 10.4 Å². The maximum Gasteiger partial charge on any atom is 0.141 e. The van der Waals surface area contributed by atoms with Crippen LogP contribution in [0.3, 0.4) is 0 Å². The SMILES string of the molecule is Cc1ccc(C(C)Nc2ccc(F)c(C#N)c2)c(O)c1. The summed E-state index contributed by atoms with van der Waals surface area (Å²) in [6.07, 6.45) is 0. The van der Waals surface area contributed by atoms with Crippen molar-refractivity contribution in [1.29, 1.82) is 5.26 Å². The number of benzene rings is 2. The molecule has 4 heteroatoms. The second-order valence-corrected chi connectivity index (χ2v) is 4.73. The Morgan fingerprint density at radius 1 is 1.25 bits per heavy atom. The molecule has 2 aromatic rings. The zero-order valence-electron chi connectivity index (χ0n) is 11.3. The Morgan fingerprint density at radius 2 is 2.00 bits per heavy atom. The van der Waals surface area contributed by atoms with Gasteiger partial charge in [-0.25, -0.2) is 4.39 Å². The number of rotatable bonds is 3. The lowest BCUT2D eigenvalue weighted by atomic mass is 10.0. The van der Waals surface area contributed by atoms with Crippen LogP contribution < -0.4 is 5.32 Å². The highest BCUT2D eigenvalue weighted by molar-refractivity contribution is 5.52. The predicted octanol–water partition coefficient (Wildman–Crippen LogP) is 3.88. The van der Waals surface area contributed by atoms with Crippen molar-refractivity contribution in [2.75, 3.05) is 5.32 Å². The van der Waals surface area contributed by atoms with Crippen molar-refractivity contribution < 1.29 is 9.50 Å². The fourth-order valence-electron chi connectivity index (χ4n) is 2.05. The molecule has 0 heterocycles. The van der Waals surface area contributed by atoms with Gasteiger partial charge in [0.15, 0.2) is 0 Å². The Hall–Kier alpha value is -2.54. The minimum Gasteiger partial charge on any atom is -0.508 e. The highest BCUT2D eigenvalue weighted by Gasteiger charge is 2.11. The lowest BCUT2D eigenvalue weighted by Crippen LogP contribution is -2.07. The summed E-state index contributed by atoms with van der Waals surface area (Å²) in [5.74, 6) is -0.323.